The summed E-state index contributed by atoms with van der Waals surface area (Å²) >= 11 is 0. The topological polar surface area (TPSA) is 151 Å². The number of carbonyl (C=O) groups excluding carboxylic acids is 1. The molecule has 1 aliphatic heterocycles. The van der Waals surface area contributed by atoms with Crippen molar-refractivity contribution in [1.29, 1.82) is 0 Å². The quantitative estimate of drug-likeness (QED) is 0.299. The minimum atomic E-state index is -1.82. The fraction of sp³-hybridized carbons (Fsp3) is 0.240. The van der Waals surface area contributed by atoms with E-state index in [-0.39, 0.29) is 23.1 Å². The molecule has 0 saturated carbocycles. The molecule has 36 heavy (non-hydrogen) atoms. The highest BCUT2D eigenvalue weighted by atomic mass is 16.6. The first-order chi connectivity index (χ1) is 17.2. The van der Waals surface area contributed by atoms with E-state index in [1.54, 1.807) is 17.0 Å². The van der Waals surface area contributed by atoms with Crippen LogP contribution in [0.5, 0.6) is 5.75 Å². The molecule has 0 bridgehead atoms. The number of carboxylic acids is 2. The molecule has 11 heteroatoms. The molecule has 0 unspecified atom stereocenters. The minimum Gasteiger partial charge on any atom is -0.484 e. The van der Waals surface area contributed by atoms with E-state index in [9.17, 15) is 14.9 Å². The Labute approximate surface area is 206 Å². The maximum atomic E-state index is 12.5. The number of nitro benzene ring substituents is 1. The van der Waals surface area contributed by atoms with E-state index in [0.29, 0.717) is 44.0 Å². The second kappa shape index (κ2) is 12.3. The Balaban J connectivity index is 0.000000538. The molecule has 11 nitrogen and oxygen atoms in total. The Kier molecular flexibility index (Phi) is 8.89. The van der Waals surface area contributed by atoms with E-state index < -0.39 is 11.9 Å². The van der Waals surface area contributed by atoms with Crippen LogP contribution in [0.15, 0.2) is 66.7 Å². The van der Waals surface area contributed by atoms with Gasteiger partial charge in [0, 0.05) is 44.4 Å². The van der Waals surface area contributed by atoms with Crippen LogP contribution in [-0.4, -0.2) is 75.6 Å². The average molecular weight is 495 g/mol. The Bertz CT molecular complexity index is 1240. The number of aliphatic carboxylic acids is 2. The van der Waals surface area contributed by atoms with Crippen molar-refractivity contribution in [3.8, 4) is 5.75 Å². The van der Waals surface area contributed by atoms with Gasteiger partial charge in [0.15, 0.2) is 6.61 Å². The highest BCUT2D eigenvalue weighted by Gasteiger charge is 2.23. The standard InChI is InChI=1S/C23H23N3O4.C2H2O4/c27-23(17-30-21-10-9-18-5-1-2-6-19(18)15-21)25-13-11-24(12-14-25)16-20-7-3-4-8-22(20)26(28)29;3-1(4)2(5)6/h1-10,15H,11-14,16-17H2;(H,3,4)(H,5,6). The lowest BCUT2D eigenvalue weighted by molar-refractivity contribution is -0.385. The van der Waals surface area contributed by atoms with Crippen LogP contribution in [0.4, 0.5) is 5.69 Å². The Hall–Kier alpha value is -4.51. The molecule has 1 saturated heterocycles. The van der Waals surface area contributed by atoms with Crippen molar-refractivity contribution in [2.75, 3.05) is 32.8 Å². The van der Waals surface area contributed by atoms with Gasteiger partial charge in [-0.3, -0.25) is 19.8 Å². The van der Waals surface area contributed by atoms with E-state index in [1.807, 2.05) is 48.5 Å². The third kappa shape index (κ3) is 7.24. The van der Waals surface area contributed by atoms with Crippen LogP contribution in [0.1, 0.15) is 5.56 Å². The normalized spacial score (nSPS) is 13.4. The van der Waals surface area contributed by atoms with Gasteiger partial charge in [0.1, 0.15) is 5.75 Å². The van der Waals surface area contributed by atoms with Gasteiger partial charge in [-0.1, -0.05) is 48.5 Å². The van der Waals surface area contributed by atoms with Crippen LogP contribution >= 0.6 is 0 Å². The fourth-order valence-electron chi connectivity index (χ4n) is 3.71. The van der Waals surface area contributed by atoms with Crippen LogP contribution in [0.3, 0.4) is 0 Å². The zero-order valence-corrected chi connectivity index (χ0v) is 19.3. The molecule has 0 radical (unpaired) electrons. The molecule has 1 amide bonds. The van der Waals surface area contributed by atoms with Gasteiger partial charge >= 0.3 is 11.9 Å². The summed E-state index contributed by atoms with van der Waals surface area (Å²) in [5, 5.41) is 28.2. The van der Waals surface area contributed by atoms with Crippen molar-refractivity contribution in [1.82, 2.24) is 9.80 Å². The largest absolute Gasteiger partial charge is 0.484 e. The van der Waals surface area contributed by atoms with Crippen LogP contribution < -0.4 is 4.74 Å². The molecule has 188 valence electrons. The van der Waals surface area contributed by atoms with Crippen molar-refractivity contribution < 1.29 is 34.3 Å². The number of hydrogen-bond donors (Lipinski definition) is 2. The van der Waals surface area contributed by atoms with Gasteiger partial charge in [0.25, 0.3) is 11.6 Å². The minimum absolute atomic E-state index is 0.00248. The van der Waals surface area contributed by atoms with E-state index in [2.05, 4.69) is 4.90 Å². The lowest BCUT2D eigenvalue weighted by Gasteiger charge is -2.34. The van der Waals surface area contributed by atoms with E-state index >= 15 is 0 Å². The maximum absolute atomic E-state index is 12.5. The van der Waals surface area contributed by atoms with Gasteiger partial charge < -0.3 is 19.8 Å². The number of amides is 1. The average Bonchev–Trinajstić information content (AvgIpc) is 2.88. The summed E-state index contributed by atoms with van der Waals surface area (Å²) in [6.45, 7) is 3.03. The van der Waals surface area contributed by atoms with Crippen molar-refractivity contribution in [3.05, 3.63) is 82.4 Å². The first kappa shape index (κ1) is 26.1. The number of carbonyl (C=O) groups is 3. The third-order valence-electron chi connectivity index (χ3n) is 5.57. The number of fused-ring (bicyclic) bond motifs is 1. The van der Waals surface area contributed by atoms with Crippen LogP contribution in [0, 0.1) is 10.1 Å². The van der Waals surface area contributed by atoms with Crippen LogP contribution in [-0.2, 0) is 20.9 Å². The molecule has 0 atom stereocenters. The van der Waals surface area contributed by atoms with Crippen LogP contribution in [0.2, 0.25) is 0 Å². The molecule has 3 aromatic carbocycles. The fourth-order valence-corrected chi connectivity index (χ4v) is 3.71. The molecule has 0 aliphatic carbocycles. The predicted molar refractivity (Wildman–Crippen MR) is 130 cm³/mol. The number of ether oxygens (including phenoxy) is 1. The lowest BCUT2D eigenvalue weighted by Crippen LogP contribution is -2.49. The van der Waals surface area contributed by atoms with E-state index in [4.69, 9.17) is 24.5 Å². The molecule has 0 spiro atoms. The number of para-hydroxylation sites is 1. The SMILES string of the molecule is O=C(COc1ccc2ccccc2c1)N1CCN(Cc2ccccc2[N+](=O)[O-])CC1.O=C(O)C(=O)O. The molecule has 4 rings (SSSR count). The highest BCUT2D eigenvalue weighted by Crippen LogP contribution is 2.22. The second-order valence-corrected chi connectivity index (χ2v) is 7.95. The zero-order valence-electron chi connectivity index (χ0n) is 19.3. The molecule has 2 N–H and O–H groups in total. The Morgan fingerprint density at radius 2 is 1.47 bits per heavy atom. The van der Waals surface area contributed by atoms with Gasteiger partial charge in [0.05, 0.1) is 4.92 Å². The number of nitrogens with zero attached hydrogens (tertiary/aromatic N) is 3. The first-order valence-electron chi connectivity index (χ1n) is 11.0. The summed E-state index contributed by atoms with van der Waals surface area (Å²) in [7, 11) is 0. The molecule has 1 aliphatic rings. The number of benzene rings is 3. The molecule has 1 fully saturated rings. The number of carboxylic acid groups (broad SMARTS) is 2. The lowest BCUT2D eigenvalue weighted by atomic mass is 10.1. The molecule has 3 aromatic rings. The Morgan fingerprint density at radius 1 is 0.861 bits per heavy atom. The third-order valence-corrected chi connectivity index (χ3v) is 5.57. The maximum Gasteiger partial charge on any atom is 0.414 e. The monoisotopic (exact) mass is 495 g/mol. The van der Waals surface area contributed by atoms with Crippen LogP contribution in [0.25, 0.3) is 10.8 Å². The predicted octanol–water partition coefficient (Wildman–Crippen LogP) is 2.63. The van der Waals surface area contributed by atoms with Gasteiger partial charge in [-0.25, -0.2) is 9.59 Å². The van der Waals surface area contributed by atoms with Gasteiger partial charge in [-0.05, 0) is 22.9 Å². The van der Waals surface area contributed by atoms with Crippen molar-refractivity contribution >= 4 is 34.3 Å². The summed E-state index contributed by atoms with van der Waals surface area (Å²) in [5.41, 5.74) is 0.835. The second-order valence-electron chi connectivity index (χ2n) is 7.95. The zero-order chi connectivity index (χ0) is 26.1. The Morgan fingerprint density at radius 3 is 2.11 bits per heavy atom. The summed E-state index contributed by atoms with van der Waals surface area (Å²) in [5.74, 6) is -3.02. The smallest absolute Gasteiger partial charge is 0.414 e. The van der Waals surface area contributed by atoms with Crippen molar-refractivity contribution in [2.45, 2.75) is 6.54 Å². The van der Waals surface area contributed by atoms with Crippen molar-refractivity contribution in [2.24, 2.45) is 0 Å². The summed E-state index contributed by atoms with van der Waals surface area (Å²) < 4.78 is 5.71. The number of rotatable bonds is 6. The molecule has 0 aromatic heterocycles. The summed E-state index contributed by atoms with van der Waals surface area (Å²) in [6, 6.07) is 20.6. The summed E-state index contributed by atoms with van der Waals surface area (Å²) in [6.07, 6.45) is 0. The summed E-state index contributed by atoms with van der Waals surface area (Å²) in [4.78, 5) is 45.5. The molecular weight excluding hydrogens is 470 g/mol. The van der Waals surface area contributed by atoms with E-state index in [0.717, 1.165) is 10.8 Å². The highest BCUT2D eigenvalue weighted by molar-refractivity contribution is 6.27. The van der Waals surface area contributed by atoms with Crippen molar-refractivity contribution in [3.63, 3.8) is 0 Å². The molecule has 1 heterocycles. The molecular formula is C25H25N3O8. The number of hydrogen-bond acceptors (Lipinski definition) is 7. The van der Waals surface area contributed by atoms with Gasteiger partial charge in [-0.15, -0.1) is 0 Å². The number of nitro groups is 1. The number of piperazine rings is 1. The van der Waals surface area contributed by atoms with E-state index in [1.165, 1.54) is 6.07 Å². The van der Waals surface area contributed by atoms with Gasteiger partial charge in [0.2, 0.25) is 0 Å². The first-order valence-corrected chi connectivity index (χ1v) is 11.0. The van der Waals surface area contributed by atoms with Gasteiger partial charge in [-0.2, -0.15) is 0 Å².